The predicted molar refractivity (Wildman–Crippen MR) is 130 cm³/mol. The van der Waals surface area contributed by atoms with Gasteiger partial charge < -0.3 is 21.0 Å². The number of hydrogen-bond acceptors (Lipinski definition) is 5. The van der Waals surface area contributed by atoms with Crippen molar-refractivity contribution >= 4 is 34.2 Å². The van der Waals surface area contributed by atoms with E-state index in [4.69, 9.17) is 5.84 Å². The second-order valence-corrected chi connectivity index (χ2v) is 9.38. The summed E-state index contributed by atoms with van der Waals surface area (Å²) in [5, 5.41) is 10.8. The summed E-state index contributed by atoms with van der Waals surface area (Å²) in [6, 6.07) is 8.89. The van der Waals surface area contributed by atoms with Crippen LogP contribution in [-0.2, 0) is 16.6 Å². The molecule has 0 spiro atoms. The van der Waals surface area contributed by atoms with Crippen LogP contribution >= 0.6 is 0 Å². The van der Waals surface area contributed by atoms with Gasteiger partial charge in [-0.3, -0.25) is 14.4 Å². The van der Waals surface area contributed by atoms with Gasteiger partial charge in [-0.05, 0) is 37.3 Å². The summed E-state index contributed by atoms with van der Waals surface area (Å²) < 4.78 is 1.87. The number of Topliss-reactive ketones (excluding diaryl/α,β-unsaturated/α-hetero) is 1. The molecule has 1 heterocycles. The number of aromatic nitrogens is 1. The van der Waals surface area contributed by atoms with Gasteiger partial charge in [0.2, 0.25) is 5.91 Å². The number of carbonyl (C=O) groups is 3. The fourth-order valence-electron chi connectivity index (χ4n) is 4.78. The Hall–Kier alpha value is -3.16. The van der Waals surface area contributed by atoms with Crippen LogP contribution in [0, 0.1) is 11.8 Å². The van der Waals surface area contributed by atoms with Gasteiger partial charge in [-0.1, -0.05) is 44.9 Å². The third kappa shape index (κ3) is 5.61. The second-order valence-electron chi connectivity index (χ2n) is 9.38. The fourth-order valence-corrected chi connectivity index (χ4v) is 4.78. The van der Waals surface area contributed by atoms with Crippen molar-refractivity contribution in [3.8, 4) is 0 Å². The van der Waals surface area contributed by atoms with Gasteiger partial charge in [-0.25, -0.2) is 0 Å². The largest absolute Gasteiger partial charge is 0.347 e. The summed E-state index contributed by atoms with van der Waals surface area (Å²) in [6.07, 6.45) is 3.82. The third-order valence-corrected chi connectivity index (χ3v) is 6.46. The number of benzene rings is 1. The van der Waals surface area contributed by atoms with E-state index in [0.717, 1.165) is 30.2 Å². The minimum absolute atomic E-state index is 0.170. The number of carbonyl (C=O) groups excluding carboxylic acids is 3. The van der Waals surface area contributed by atoms with E-state index in [2.05, 4.69) is 15.7 Å². The van der Waals surface area contributed by atoms with Crippen LogP contribution in [0.1, 0.15) is 63.4 Å². The number of nitrogens with zero attached hydrogens (tertiary/aromatic N) is 2. The highest BCUT2D eigenvalue weighted by atomic mass is 16.2. The van der Waals surface area contributed by atoms with Crippen molar-refractivity contribution in [3.63, 3.8) is 0 Å². The number of rotatable bonds is 8. The van der Waals surface area contributed by atoms with Crippen LogP contribution in [-0.4, -0.2) is 40.0 Å². The van der Waals surface area contributed by atoms with Gasteiger partial charge in [0, 0.05) is 30.9 Å². The number of amides is 2. The third-order valence-electron chi connectivity index (χ3n) is 6.46. The van der Waals surface area contributed by atoms with Gasteiger partial charge in [0.25, 0.3) is 5.91 Å². The Bertz CT molecular complexity index is 1060. The van der Waals surface area contributed by atoms with Crippen LogP contribution in [0.4, 0.5) is 0 Å². The first kappa shape index (κ1) is 24.5. The number of hydrogen-bond donors (Lipinski definition) is 3. The first-order chi connectivity index (χ1) is 15.7. The van der Waals surface area contributed by atoms with Crippen LogP contribution < -0.4 is 16.5 Å². The fraction of sp³-hybridized carbons (Fsp3) is 0.520. The molecule has 4 N–H and O–H groups in total. The first-order valence-electron chi connectivity index (χ1n) is 11.7. The summed E-state index contributed by atoms with van der Waals surface area (Å²) in [5.41, 5.74) is 1.71. The maximum absolute atomic E-state index is 13.3. The molecule has 1 aromatic heterocycles. The van der Waals surface area contributed by atoms with Crippen molar-refractivity contribution in [2.45, 2.75) is 65.0 Å². The number of aryl methyl sites for hydroxylation is 1. The topological polar surface area (TPSA) is 119 Å². The highest BCUT2D eigenvalue weighted by Gasteiger charge is 2.35. The first-order valence-corrected chi connectivity index (χ1v) is 11.7. The molecule has 1 aromatic carbocycles. The molecule has 178 valence electrons. The number of ketones is 1. The van der Waals surface area contributed by atoms with Gasteiger partial charge in [0.05, 0.1) is 12.0 Å². The Kier molecular flexibility index (Phi) is 7.89. The van der Waals surface area contributed by atoms with Crippen molar-refractivity contribution in [3.05, 3.63) is 36.0 Å². The standard InChI is InChI=1S/C25H35N5O3/c1-15(2)13-20(23(29-26)16(3)31)28-24(32)18-10-6-7-11-19(18)27-25(33)22-14-17-9-5-8-12-21(17)30(22)4/h5,8-9,12,14-15,18-20H,6-7,10-11,13,26H2,1-4H3,(H,27,33)(H,28,32)/t18-,19+,20?/m1/s1. The monoisotopic (exact) mass is 453 g/mol. The van der Waals surface area contributed by atoms with Crippen molar-refractivity contribution in [1.82, 2.24) is 15.2 Å². The van der Waals surface area contributed by atoms with E-state index < -0.39 is 6.04 Å². The maximum atomic E-state index is 13.3. The molecule has 33 heavy (non-hydrogen) atoms. The van der Waals surface area contributed by atoms with Crippen LogP contribution in [0.3, 0.4) is 0 Å². The van der Waals surface area contributed by atoms with E-state index in [1.54, 1.807) is 0 Å². The van der Waals surface area contributed by atoms with Crippen molar-refractivity contribution in [1.29, 1.82) is 0 Å². The molecule has 2 aromatic rings. The lowest BCUT2D eigenvalue weighted by Crippen LogP contribution is -2.53. The molecule has 0 aliphatic heterocycles. The molecule has 3 rings (SSSR count). The quantitative estimate of drug-likeness (QED) is 0.323. The van der Waals surface area contributed by atoms with Gasteiger partial charge in [0.1, 0.15) is 11.4 Å². The molecule has 2 amide bonds. The average molecular weight is 454 g/mol. The Morgan fingerprint density at radius 1 is 1.18 bits per heavy atom. The lowest BCUT2D eigenvalue weighted by atomic mass is 9.83. The summed E-state index contributed by atoms with van der Waals surface area (Å²) in [7, 11) is 1.87. The average Bonchev–Trinajstić information content (AvgIpc) is 3.10. The zero-order valence-corrected chi connectivity index (χ0v) is 19.9. The zero-order valence-electron chi connectivity index (χ0n) is 19.9. The molecule has 0 bridgehead atoms. The van der Waals surface area contributed by atoms with E-state index in [9.17, 15) is 14.4 Å². The molecule has 3 atom stereocenters. The second kappa shape index (κ2) is 10.6. The molecule has 8 nitrogen and oxygen atoms in total. The van der Waals surface area contributed by atoms with Crippen molar-refractivity contribution in [2.75, 3.05) is 0 Å². The summed E-state index contributed by atoms with van der Waals surface area (Å²) >= 11 is 0. The van der Waals surface area contributed by atoms with Crippen LogP contribution in [0.5, 0.6) is 0 Å². The van der Waals surface area contributed by atoms with Gasteiger partial charge in [-0.2, -0.15) is 5.10 Å². The van der Waals surface area contributed by atoms with Gasteiger partial charge in [-0.15, -0.1) is 0 Å². The normalized spacial score (nSPS) is 20.0. The predicted octanol–water partition coefficient (Wildman–Crippen LogP) is 2.90. The highest BCUT2D eigenvalue weighted by molar-refractivity contribution is 6.41. The summed E-state index contributed by atoms with van der Waals surface area (Å²) in [6.45, 7) is 5.43. The maximum Gasteiger partial charge on any atom is 0.268 e. The molecule has 1 fully saturated rings. The number of para-hydroxylation sites is 1. The Balaban J connectivity index is 1.77. The molecular weight excluding hydrogens is 418 g/mol. The number of hydrazone groups is 1. The number of nitrogens with one attached hydrogen (secondary N) is 2. The molecule has 8 heteroatoms. The minimum Gasteiger partial charge on any atom is -0.347 e. The lowest BCUT2D eigenvalue weighted by Gasteiger charge is -2.33. The number of fused-ring (bicyclic) bond motifs is 1. The Morgan fingerprint density at radius 3 is 2.52 bits per heavy atom. The molecule has 1 saturated carbocycles. The van der Waals surface area contributed by atoms with Crippen molar-refractivity contribution < 1.29 is 14.4 Å². The SMILES string of the molecule is CC(=O)C(=NN)C(CC(C)C)NC(=O)[C@@H]1CCCC[C@@H]1NC(=O)c1cc2ccccc2n1C. The van der Waals surface area contributed by atoms with Crippen LogP contribution in [0.2, 0.25) is 0 Å². The molecule has 0 saturated heterocycles. The number of nitrogens with two attached hydrogens (primary N) is 1. The lowest BCUT2D eigenvalue weighted by molar-refractivity contribution is -0.127. The van der Waals surface area contributed by atoms with E-state index in [0.29, 0.717) is 18.5 Å². The van der Waals surface area contributed by atoms with Crippen LogP contribution in [0.15, 0.2) is 35.4 Å². The van der Waals surface area contributed by atoms with Gasteiger partial charge >= 0.3 is 0 Å². The van der Waals surface area contributed by atoms with Crippen LogP contribution in [0.25, 0.3) is 10.9 Å². The zero-order chi connectivity index (χ0) is 24.1. The molecule has 1 aliphatic rings. The summed E-state index contributed by atoms with van der Waals surface area (Å²) in [5.74, 6) is 4.70. The molecule has 1 unspecified atom stereocenters. The van der Waals surface area contributed by atoms with E-state index in [1.165, 1.54) is 6.92 Å². The van der Waals surface area contributed by atoms with Crippen molar-refractivity contribution in [2.24, 2.45) is 29.8 Å². The highest BCUT2D eigenvalue weighted by Crippen LogP contribution is 2.26. The van der Waals surface area contributed by atoms with E-state index in [1.807, 2.05) is 55.8 Å². The summed E-state index contributed by atoms with van der Waals surface area (Å²) in [4.78, 5) is 38.4. The molecular formula is C25H35N5O3. The molecule has 0 radical (unpaired) electrons. The van der Waals surface area contributed by atoms with Gasteiger partial charge in [0.15, 0.2) is 5.78 Å². The Labute approximate surface area is 195 Å². The van der Waals surface area contributed by atoms with E-state index >= 15 is 0 Å². The van der Waals surface area contributed by atoms with E-state index in [-0.39, 0.29) is 41.2 Å². The Morgan fingerprint density at radius 2 is 1.88 bits per heavy atom. The molecule has 1 aliphatic carbocycles. The smallest absolute Gasteiger partial charge is 0.268 e. The minimum atomic E-state index is -0.545.